The first-order valence-electron chi connectivity index (χ1n) is 6.52. The van der Waals surface area contributed by atoms with Gasteiger partial charge in [0.2, 0.25) is 0 Å². The fourth-order valence-electron chi connectivity index (χ4n) is 3.52. The van der Waals surface area contributed by atoms with Crippen LogP contribution in [0.2, 0.25) is 0 Å². The van der Waals surface area contributed by atoms with E-state index in [0.29, 0.717) is 12.0 Å². The number of piperidine rings is 1. The first-order valence-corrected chi connectivity index (χ1v) is 6.52. The summed E-state index contributed by atoms with van der Waals surface area (Å²) in [5, 5.41) is 8.74. The van der Waals surface area contributed by atoms with E-state index in [0.717, 1.165) is 13.1 Å². The van der Waals surface area contributed by atoms with Crippen LogP contribution in [0.4, 0.5) is 0 Å². The molecular weight excluding hydrogens is 244 g/mol. The summed E-state index contributed by atoms with van der Waals surface area (Å²) >= 11 is 0. The lowest BCUT2D eigenvalue weighted by Gasteiger charge is -2.39. The standard InChI is InChI=1S/C15H18N2.ClH/c16-9-12-17-10-7-15(8-11-17)6-5-13-3-1-2-4-14(13)15;/h1-4H,5-8,10-12H2;1H. The van der Waals surface area contributed by atoms with E-state index in [9.17, 15) is 0 Å². The lowest BCUT2D eigenvalue weighted by Crippen LogP contribution is -2.41. The van der Waals surface area contributed by atoms with Gasteiger partial charge in [-0.15, -0.1) is 12.4 Å². The molecule has 0 radical (unpaired) electrons. The minimum atomic E-state index is 0. The summed E-state index contributed by atoms with van der Waals surface area (Å²) in [6, 6.07) is 11.2. The van der Waals surface area contributed by atoms with Gasteiger partial charge in [-0.3, -0.25) is 4.90 Å². The number of likely N-dealkylation sites (tertiary alicyclic amines) is 1. The molecule has 1 spiro atoms. The third-order valence-electron chi connectivity index (χ3n) is 4.57. The Labute approximate surface area is 115 Å². The second-order valence-corrected chi connectivity index (χ2v) is 5.37. The smallest absolute Gasteiger partial charge is 0.0865 e. The average molecular weight is 263 g/mol. The number of halogens is 1. The van der Waals surface area contributed by atoms with Gasteiger partial charge < -0.3 is 0 Å². The van der Waals surface area contributed by atoms with Crippen molar-refractivity contribution in [2.45, 2.75) is 31.1 Å². The van der Waals surface area contributed by atoms with Crippen molar-refractivity contribution in [3.05, 3.63) is 35.4 Å². The molecule has 2 nitrogen and oxygen atoms in total. The van der Waals surface area contributed by atoms with Gasteiger partial charge in [-0.1, -0.05) is 24.3 Å². The topological polar surface area (TPSA) is 27.0 Å². The van der Waals surface area contributed by atoms with Gasteiger partial charge in [-0.25, -0.2) is 0 Å². The van der Waals surface area contributed by atoms with Crippen molar-refractivity contribution in [2.75, 3.05) is 19.6 Å². The van der Waals surface area contributed by atoms with Crippen LogP contribution in [0.3, 0.4) is 0 Å². The van der Waals surface area contributed by atoms with Crippen LogP contribution in [0.1, 0.15) is 30.4 Å². The van der Waals surface area contributed by atoms with Gasteiger partial charge in [0.15, 0.2) is 0 Å². The molecule has 1 fully saturated rings. The van der Waals surface area contributed by atoms with E-state index in [1.807, 2.05) is 0 Å². The van der Waals surface area contributed by atoms with Crippen molar-refractivity contribution in [1.82, 2.24) is 4.90 Å². The van der Waals surface area contributed by atoms with Crippen LogP contribution in [0.25, 0.3) is 0 Å². The molecule has 0 amide bonds. The fraction of sp³-hybridized carbons (Fsp3) is 0.533. The summed E-state index contributed by atoms with van der Waals surface area (Å²) in [5.41, 5.74) is 3.58. The zero-order valence-electron chi connectivity index (χ0n) is 10.6. The molecule has 18 heavy (non-hydrogen) atoms. The van der Waals surface area contributed by atoms with E-state index in [1.54, 1.807) is 11.1 Å². The molecule has 0 bridgehead atoms. The summed E-state index contributed by atoms with van der Waals surface area (Å²) < 4.78 is 0. The predicted molar refractivity (Wildman–Crippen MR) is 75.0 cm³/mol. The molecule has 1 aromatic carbocycles. The van der Waals surface area contributed by atoms with Crippen molar-refractivity contribution in [3.8, 4) is 6.07 Å². The van der Waals surface area contributed by atoms with Crippen LogP contribution < -0.4 is 0 Å². The molecule has 3 heteroatoms. The maximum Gasteiger partial charge on any atom is 0.0865 e. The highest BCUT2D eigenvalue weighted by atomic mass is 35.5. The maximum absolute atomic E-state index is 8.74. The fourth-order valence-corrected chi connectivity index (χ4v) is 3.52. The molecule has 2 aliphatic rings. The summed E-state index contributed by atoms with van der Waals surface area (Å²) in [6.07, 6.45) is 5.01. The number of benzene rings is 1. The molecule has 1 aromatic rings. The van der Waals surface area contributed by atoms with Crippen molar-refractivity contribution in [3.63, 3.8) is 0 Å². The van der Waals surface area contributed by atoms with Gasteiger partial charge in [0.1, 0.15) is 0 Å². The van der Waals surface area contributed by atoms with E-state index in [2.05, 4.69) is 35.2 Å². The van der Waals surface area contributed by atoms with Crippen molar-refractivity contribution in [2.24, 2.45) is 0 Å². The lowest BCUT2D eigenvalue weighted by molar-refractivity contribution is 0.173. The molecular formula is C15H19ClN2. The normalized spacial score (nSPS) is 21.1. The van der Waals surface area contributed by atoms with Gasteiger partial charge in [0.05, 0.1) is 12.6 Å². The summed E-state index contributed by atoms with van der Waals surface area (Å²) in [4.78, 5) is 2.28. The Hall–Kier alpha value is -1.04. The molecule has 1 aliphatic heterocycles. The SMILES string of the molecule is Cl.N#CCN1CCC2(CCc3ccccc32)CC1. The number of nitrogens with zero attached hydrogens (tertiary/aromatic N) is 2. The molecule has 96 valence electrons. The van der Waals surface area contributed by atoms with Gasteiger partial charge in [0, 0.05) is 0 Å². The number of fused-ring (bicyclic) bond motifs is 2. The van der Waals surface area contributed by atoms with Crippen LogP contribution in [0.15, 0.2) is 24.3 Å². The van der Waals surface area contributed by atoms with E-state index in [4.69, 9.17) is 5.26 Å². The maximum atomic E-state index is 8.74. The van der Waals surface area contributed by atoms with Crippen LogP contribution in [0.5, 0.6) is 0 Å². The number of aryl methyl sites for hydroxylation is 1. The summed E-state index contributed by atoms with van der Waals surface area (Å²) in [7, 11) is 0. The Morgan fingerprint density at radius 2 is 1.89 bits per heavy atom. The van der Waals surface area contributed by atoms with Crippen LogP contribution in [0, 0.1) is 11.3 Å². The Morgan fingerprint density at radius 1 is 1.17 bits per heavy atom. The number of hydrogen-bond donors (Lipinski definition) is 0. The van der Waals surface area contributed by atoms with Gasteiger partial charge in [0.25, 0.3) is 0 Å². The Bertz CT molecular complexity index is 456. The quantitative estimate of drug-likeness (QED) is 0.728. The predicted octanol–water partition coefficient (Wildman–Crippen LogP) is 2.91. The van der Waals surface area contributed by atoms with E-state index in [-0.39, 0.29) is 12.4 Å². The highest BCUT2D eigenvalue weighted by molar-refractivity contribution is 5.85. The summed E-state index contributed by atoms with van der Waals surface area (Å²) in [6.45, 7) is 2.77. The number of hydrogen-bond acceptors (Lipinski definition) is 2. The van der Waals surface area contributed by atoms with E-state index in [1.165, 1.54) is 25.7 Å². The van der Waals surface area contributed by atoms with Crippen LogP contribution >= 0.6 is 12.4 Å². The minimum Gasteiger partial charge on any atom is -0.291 e. The van der Waals surface area contributed by atoms with Crippen molar-refractivity contribution in [1.29, 1.82) is 5.26 Å². The molecule has 0 unspecified atom stereocenters. The van der Waals surface area contributed by atoms with Crippen molar-refractivity contribution < 1.29 is 0 Å². The second-order valence-electron chi connectivity index (χ2n) is 5.37. The number of nitriles is 1. The Morgan fingerprint density at radius 3 is 2.61 bits per heavy atom. The highest BCUT2D eigenvalue weighted by Crippen LogP contribution is 2.45. The molecule has 1 saturated heterocycles. The lowest BCUT2D eigenvalue weighted by atomic mass is 9.74. The third kappa shape index (κ3) is 2.13. The molecule has 0 atom stereocenters. The van der Waals surface area contributed by atoms with Crippen LogP contribution in [-0.4, -0.2) is 24.5 Å². The minimum absolute atomic E-state index is 0. The summed E-state index contributed by atoms with van der Waals surface area (Å²) in [5.74, 6) is 0. The molecule has 0 N–H and O–H groups in total. The van der Waals surface area contributed by atoms with Gasteiger partial charge in [-0.2, -0.15) is 5.26 Å². The molecule has 0 saturated carbocycles. The first-order chi connectivity index (χ1) is 8.34. The average Bonchev–Trinajstić information content (AvgIpc) is 2.73. The molecule has 1 aliphatic carbocycles. The largest absolute Gasteiger partial charge is 0.291 e. The first kappa shape index (κ1) is 13.4. The Balaban J connectivity index is 0.00000120. The molecule has 0 aromatic heterocycles. The molecule has 3 rings (SSSR count). The Kier molecular flexibility index (Phi) is 3.94. The third-order valence-corrected chi connectivity index (χ3v) is 4.57. The second kappa shape index (κ2) is 5.30. The van der Waals surface area contributed by atoms with Gasteiger partial charge >= 0.3 is 0 Å². The zero-order valence-corrected chi connectivity index (χ0v) is 11.4. The van der Waals surface area contributed by atoms with Crippen LogP contribution in [-0.2, 0) is 11.8 Å². The van der Waals surface area contributed by atoms with E-state index < -0.39 is 0 Å². The number of rotatable bonds is 1. The molecule has 1 heterocycles. The van der Waals surface area contributed by atoms with E-state index >= 15 is 0 Å². The van der Waals surface area contributed by atoms with Gasteiger partial charge in [-0.05, 0) is 55.3 Å². The monoisotopic (exact) mass is 262 g/mol. The highest BCUT2D eigenvalue weighted by Gasteiger charge is 2.40. The zero-order chi connectivity index (χ0) is 11.7. The van der Waals surface area contributed by atoms with Crippen molar-refractivity contribution >= 4 is 12.4 Å².